The van der Waals surface area contributed by atoms with E-state index in [9.17, 15) is 9.59 Å². The number of nitrogens with zero attached hydrogens (tertiary/aromatic N) is 4. The number of carbonyl (C=O) groups is 1. The maximum Gasteiger partial charge on any atom is 0.348 e. The smallest absolute Gasteiger partial charge is 0.348 e. The van der Waals surface area contributed by atoms with Crippen molar-refractivity contribution in [2.45, 2.75) is 45.7 Å². The summed E-state index contributed by atoms with van der Waals surface area (Å²) in [6.07, 6.45) is 3.93. The van der Waals surface area contributed by atoms with Crippen LogP contribution >= 0.6 is 11.6 Å². The summed E-state index contributed by atoms with van der Waals surface area (Å²) in [7, 11) is 0. The molecule has 8 heteroatoms. The summed E-state index contributed by atoms with van der Waals surface area (Å²) in [6.45, 7) is 4.15. The zero-order chi connectivity index (χ0) is 21.3. The summed E-state index contributed by atoms with van der Waals surface area (Å²) in [4.78, 5) is 35.3. The fourth-order valence-corrected chi connectivity index (χ4v) is 4.13. The van der Waals surface area contributed by atoms with Crippen LogP contribution in [0.4, 0.5) is 0 Å². The van der Waals surface area contributed by atoms with Gasteiger partial charge < -0.3 is 9.32 Å². The number of hydrogen-bond acceptors (Lipinski definition) is 5. The Kier molecular flexibility index (Phi) is 5.72. The Balaban J connectivity index is 1.49. The molecule has 0 N–H and O–H groups in total. The first-order valence-electron chi connectivity index (χ1n) is 9.94. The fourth-order valence-electron chi connectivity index (χ4n) is 3.92. The minimum atomic E-state index is -0.406. The lowest BCUT2D eigenvalue weighted by Gasteiger charge is -2.23. The van der Waals surface area contributed by atoms with E-state index in [1.54, 1.807) is 31.0 Å². The third-order valence-corrected chi connectivity index (χ3v) is 5.57. The molecule has 0 aliphatic carbocycles. The molecule has 1 unspecified atom stereocenters. The van der Waals surface area contributed by atoms with E-state index in [0.29, 0.717) is 29.6 Å². The Bertz CT molecular complexity index is 1140. The minimum absolute atomic E-state index is 0.0372. The minimum Gasteiger partial charge on any atom is -0.443 e. The fraction of sp³-hybridized carbons (Fsp3) is 0.364. The van der Waals surface area contributed by atoms with Crippen molar-refractivity contribution in [1.29, 1.82) is 0 Å². The molecule has 30 heavy (non-hydrogen) atoms. The Morgan fingerprint density at radius 2 is 2.13 bits per heavy atom. The molecule has 7 nitrogen and oxygen atoms in total. The van der Waals surface area contributed by atoms with Gasteiger partial charge in [-0.25, -0.2) is 9.78 Å². The molecule has 3 aromatic rings. The van der Waals surface area contributed by atoms with Crippen LogP contribution in [0.2, 0.25) is 5.02 Å². The number of hydrogen-bond donors (Lipinski definition) is 0. The number of rotatable bonds is 5. The lowest BCUT2D eigenvalue weighted by molar-refractivity contribution is -0.133. The van der Waals surface area contributed by atoms with Crippen LogP contribution < -0.4 is 5.69 Å². The first-order valence-corrected chi connectivity index (χ1v) is 10.3. The summed E-state index contributed by atoms with van der Waals surface area (Å²) < 4.78 is 7.38. The van der Waals surface area contributed by atoms with E-state index in [2.05, 4.69) is 9.97 Å². The molecule has 0 saturated carbocycles. The zero-order valence-electron chi connectivity index (χ0n) is 17.0. The lowest BCUT2D eigenvalue weighted by Crippen LogP contribution is -2.37. The number of aromatic nitrogens is 3. The second-order valence-electron chi connectivity index (χ2n) is 7.62. The molecule has 1 saturated heterocycles. The molecule has 2 aromatic heterocycles. The van der Waals surface area contributed by atoms with Crippen LogP contribution in [-0.4, -0.2) is 31.9 Å². The molecule has 1 amide bonds. The van der Waals surface area contributed by atoms with Gasteiger partial charge in [0.15, 0.2) is 0 Å². The van der Waals surface area contributed by atoms with Gasteiger partial charge in [0.05, 0.1) is 6.20 Å². The van der Waals surface area contributed by atoms with Gasteiger partial charge in [-0.05, 0) is 50.5 Å². The molecule has 156 valence electrons. The normalized spacial score (nSPS) is 16.2. The van der Waals surface area contributed by atoms with Crippen LogP contribution in [-0.2, 0) is 17.8 Å². The first-order chi connectivity index (χ1) is 14.4. The van der Waals surface area contributed by atoms with Crippen molar-refractivity contribution in [3.63, 3.8) is 0 Å². The Labute approximate surface area is 179 Å². The standard InChI is InChI=1S/C22H23ClN4O3/c1-14-9-15(2)27(22(29)25-14)13-20(28)26-8-4-7-19(26)21-24-12-18(30-21)11-16-5-3-6-17(23)10-16/h3,5-6,9-10,12,19H,4,7-8,11,13H2,1-2H3. The second kappa shape index (κ2) is 8.44. The van der Waals surface area contributed by atoms with E-state index < -0.39 is 5.69 Å². The summed E-state index contributed by atoms with van der Waals surface area (Å²) >= 11 is 6.05. The average molecular weight is 427 g/mol. The van der Waals surface area contributed by atoms with Gasteiger partial charge in [-0.15, -0.1) is 0 Å². The van der Waals surface area contributed by atoms with Crippen LogP contribution in [0.1, 0.15) is 47.5 Å². The van der Waals surface area contributed by atoms with Gasteiger partial charge in [-0.2, -0.15) is 4.98 Å². The average Bonchev–Trinajstić information content (AvgIpc) is 3.33. The van der Waals surface area contributed by atoms with Gasteiger partial charge in [0, 0.05) is 29.4 Å². The Morgan fingerprint density at radius 3 is 2.90 bits per heavy atom. The van der Waals surface area contributed by atoms with Crippen molar-refractivity contribution in [1.82, 2.24) is 19.4 Å². The molecular formula is C22H23ClN4O3. The highest BCUT2D eigenvalue weighted by Gasteiger charge is 2.33. The zero-order valence-corrected chi connectivity index (χ0v) is 17.7. The van der Waals surface area contributed by atoms with Crippen molar-refractivity contribution in [3.05, 3.63) is 80.6 Å². The van der Waals surface area contributed by atoms with E-state index in [-0.39, 0.29) is 18.5 Å². The number of benzene rings is 1. The van der Waals surface area contributed by atoms with E-state index >= 15 is 0 Å². The maximum atomic E-state index is 13.0. The quantitative estimate of drug-likeness (QED) is 0.624. The molecule has 3 heterocycles. The van der Waals surface area contributed by atoms with Crippen LogP contribution in [0.15, 0.2) is 45.7 Å². The molecule has 0 spiro atoms. The predicted molar refractivity (Wildman–Crippen MR) is 112 cm³/mol. The third-order valence-electron chi connectivity index (χ3n) is 5.34. The van der Waals surface area contributed by atoms with Gasteiger partial charge in [0.25, 0.3) is 0 Å². The largest absolute Gasteiger partial charge is 0.443 e. The highest BCUT2D eigenvalue weighted by Crippen LogP contribution is 2.32. The number of likely N-dealkylation sites (tertiary alicyclic amines) is 1. The van der Waals surface area contributed by atoms with Crippen LogP contribution in [0.5, 0.6) is 0 Å². The number of oxazole rings is 1. The molecule has 1 aliphatic rings. The van der Waals surface area contributed by atoms with Gasteiger partial charge in [-0.1, -0.05) is 23.7 Å². The number of carbonyl (C=O) groups excluding carboxylic acids is 1. The number of amides is 1. The topological polar surface area (TPSA) is 81.2 Å². The van der Waals surface area contributed by atoms with Crippen LogP contribution in [0.3, 0.4) is 0 Å². The number of halogens is 1. The summed E-state index contributed by atoms with van der Waals surface area (Å²) in [6, 6.07) is 9.18. The SMILES string of the molecule is Cc1cc(C)n(CC(=O)N2CCCC2c2ncc(Cc3cccc(Cl)c3)o2)c(=O)n1. The van der Waals surface area contributed by atoms with Gasteiger partial charge in [0.2, 0.25) is 11.8 Å². The van der Waals surface area contributed by atoms with E-state index in [4.69, 9.17) is 16.0 Å². The molecule has 0 bridgehead atoms. The molecule has 0 radical (unpaired) electrons. The molecule has 4 rings (SSSR count). The highest BCUT2D eigenvalue weighted by molar-refractivity contribution is 6.30. The monoisotopic (exact) mass is 426 g/mol. The molecule has 1 atom stereocenters. The Morgan fingerprint density at radius 1 is 1.30 bits per heavy atom. The van der Waals surface area contributed by atoms with Gasteiger partial charge in [-0.3, -0.25) is 9.36 Å². The van der Waals surface area contributed by atoms with Crippen molar-refractivity contribution in [3.8, 4) is 0 Å². The van der Waals surface area contributed by atoms with Crippen molar-refractivity contribution in [2.24, 2.45) is 0 Å². The van der Waals surface area contributed by atoms with Gasteiger partial charge >= 0.3 is 5.69 Å². The predicted octanol–water partition coefficient (Wildman–Crippen LogP) is 3.46. The highest BCUT2D eigenvalue weighted by atomic mass is 35.5. The van der Waals surface area contributed by atoms with Crippen molar-refractivity contribution >= 4 is 17.5 Å². The van der Waals surface area contributed by atoms with Crippen LogP contribution in [0.25, 0.3) is 0 Å². The second-order valence-corrected chi connectivity index (χ2v) is 8.06. The molecule has 1 aliphatic heterocycles. The summed E-state index contributed by atoms with van der Waals surface area (Å²) in [5, 5.41) is 0.677. The maximum absolute atomic E-state index is 13.0. The third kappa shape index (κ3) is 4.31. The molecule has 1 aromatic carbocycles. The summed E-state index contributed by atoms with van der Waals surface area (Å²) in [5.74, 6) is 1.12. The molecule has 1 fully saturated rings. The summed E-state index contributed by atoms with van der Waals surface area (Å²) in [5.41, 5.74) is 1.99. The first kappa shape index (κ1) is 20.3. The van der Waals surface area contributed by atoms with E-state index in [1.165, 1.54) is 4.57 Å². The number of aryl methyl sites for hydroxylation is 2. The molecular weight excluding hydrogens is 404 g/mol. The Hall–Kier alpha value is -2.93. The van der Waals surface area contributed by atoms with Crippen molar-refractivity contribution in [2.75, 3.05) is 6.54 Å². The van der Waals surface area contributed by atoms with E-state index in [1.807, 2.05) is 24.3 Å². The van der Waals surface area contributed by atoms with Crippen LogP contribution in [0, 0.1) is 13.8 Å². The van der Waals surface area contributed by atoms with E-state index in [0.717, 1.165) is 29.9 Å². The van der Waals surface area contributed by atoms with Crippen molar-refractivity contribution < 1.29 is 9.21 Å². The lowest BCUT2D eigenvalue weighted by atomic mass is 10.1. The van der Waals surface area contributed by atoms with Gasteiger partial charge in [0.1, 0.15) is 18.3 Å².